The number of carboxylic acid groups (broad SMARTS) is 1. The molecule has 2 aromatic rings. The van der Waals surface area contributed by atoms with Crippen molar-refractivity contribution in [2.75, 3.05) is 0 Å². The highest BCUT2D eigenvalue weighted by atomic mass is 16.5. The number of aryl methyl sites for hydroxylation is 1. The topological polar surface area (TPSA) is 46.5 Å². The van der Waals surface area contributed by atoms with Gasteiger partial charge in [-0.1, -0.05) is 61.5 Å². The van der Waals surface area contributed by atoms with Crippen molar-refractivity contribution in [3.63, 3.8) is 0 Å². The maximum Gasteiger partial charge on any atom is 0.333 e. The van der Waals surface area contributed by atoms with Crippen molar-refractivity contribution in [3.8, 4) is 0 Å². The lowest BCUT2D eigenvalue weighted by molar-refractivity contribution is -0.151. The number of carboxylic acids is 1. The first kappa shape index (κ1) is 15.3. The first-order valence-corrected chi connectivity index (χ1v) is 7.15. The largest absolute Gasteiger partial charge is 0.479 e. The van der Waals surface area contributed by atoms with Crippen molar-refractivity contribution in [3.05, 3.63) is 71.3 Å². The van der Waals surface area contributed by atoms with Crippen LogP contribution in [0.5, 0.6) is 0 Å². The number of aliphatic carboxylic acids is 1. The standard InChI is InChI=1S/C18H20O3/c1-2-15-10-6-7-11-16(15)12-17(18(19)20)21-13-14-8-4-3-5-9-14/h3-11,17H,2,12-13H2,1H3,(H,19,20)/t17-/m0/s1. The van der Waals surface area contributed by atoms with Gasteiger partial charge in [0.15, 0.2) is 6.10 Å². The molecule has 2 rings (SSSR count). The van der Waals surface area contributed by atoms with E-state index >= 15 is 0 Å². The Morgan fingerprint density at radius 1 is 1.05 bits per heavy atom. The Balaban J connectivity index is 2.04. The summed E-state index contributed by atoms with van der Waals surface area (Å²) < 4.78 is 5.59. The monoisotopic (exact) mass is 284 g/mol. The lowest BCUT2D eigenvalue weighted by Gasteiger charge is -2.16. The van der Waals surface area contributed by atoms with Gasteiger partial charge in [-0.05, 0) is 23.1 Å². The second-order valence-electron chi connectivity index (χ2n) is 4.95. The van der Waals surface area contributed by atoms with E-state index in [1.807, 2.05) is 54.6 Å². The third kappa shape index (κ3) is 4.43. The summed E-state index contributed by atoms with van der Waals surface area (Å²) in [5.74, 6) is -0.920. The average molecular weight is 284 g/mol. The Hall–Kier alpha value is -2.13. The van der Waals surface area contributed by atoms with E-state index < -0.39 is 12.1 Å². The SMILES string of the molecule is CCc1ccccc1C[C@H](OCc1ccccc1)C(=O)O. The molecule has 3 heteroatoms. The lowest BCUT2D eigenvalue weighted by Crippen LogP contribution is -2.26. The van der Waals surface area contributed by atoms with E-state index in [4.69, 9.17) is 4.74 Å². The van der Waals surface area contributed by atoms with E-state index in [-0.39, 0.29) is 0 Å². The molecule has 0 aromatic heterocycles. The van der Waals surface area contributed by atoms with E-state index in [2.05, 4.69) is 6.92 Å². The summed E-state index contributed by atoms with van der Waals surface area (Å²) >= 11 is 0. The van der Waals surface area contributed by atoms with Crippen LogP contribution in [-0.2, 0) is 29.0 Å². The highest BCUT2D eigenvalue weighted by Gasteiger charge is 2.19. The maximum atomic E-state index is 11.4. The minimum Gasteiger partial charge on any atom is -0.479 e. The van der Waals surface area contributed by atoms with Crippen LogP contribution in [0.15, 0.2) is 54.6 Å². The fraction of sp³-hybridized carbons (Fsp3) is 0.278. The van der Waals surface area contributed by atoms with Crippen molar-refractivity contribution in [2.45, 2.75) is 32.5 Å². The van der Waals surface area contributed by atoms with Gasteiger partial charge in [0.05, 0.1) is 6.61 Å². The fourth-order valence-electron chi connectivity index (χ4n) is 2.29. The predicted octanol–water partition coefficient (Wildman–Crippen LogP) is 3.46. The summed E-state index contributed by atoms with van der Waals surface area (Å²) in [6.07, 6.45) is 0.464. The van der Waals surface area contributed by atoms with Gasteiger partial charge in [0.25, 0.3) is 0 Å². The van der Waals surface area contributed by atoms with Crippen molar-refractivity contribution < 1.29 is 14.6 Å². The van der Waals surface area contributed by atoms with Gasteiger partial charge >= 0.3 is 5.97 Å². The molecule has 0 saturated carbocycles. The molecule has 110 valence electrons. The number of hydrogen-bond donors (Lipinski definition) is 1. The number of ether oxygens (including phenoxy) is 1. The molecule has 1 N–H and O–H groups in total. The molecule has 21 heavy (non-hydrogen) atoms. The lowest BCUT2D eigenvalue weighted by atomic mass is 10.00. The van der Waals surface area contributed by atoms with Crippen LogP contribution in [0.2, 0.25) is 0 Å². The van der Waals surface area contributed by atoms with Crippen LogP contribution in [-0.4, -0.2) is 17.2 Å². The molecule has 1 atom stereocenters. The maximum absolute atomic E-state index is 11.4. The number of rotatable bonds is 7. The predicted molar refractivity (Wildman–Crippen MR) is 82.2 cm³/mol. The van der Waals surface area contributed by atoms with Gasteiger partial charge in [-0.15, -0.1) is 0 Å². The molecule has 0 aliphatic carbocycles. The van der Waals surface area contributed by atoms with E-state index in [9.17, 15) is 9.90 Å². The van der Waals surface area contributed by atoms with Gasteiger partial charge in [-0.3, -0.25) is 0 Å². The zero-order chi connectivity index (χ0) is 15.1. The molecule has 0 aliphatic rings. The Labute approximate surface area is 125 Å². The van der Waals surface area contributed by atoms with Gasteiger partial charge in [0.1, 0.15) is 0 Å². The van der Waals surface area contributed by atoms with Crippen molar-refractivity contribution in [1.82, 2.24) is 0 Å². The van der Waals surface area contributed by atoms with Crippen molar-refractivity contribution in [2.24, 2.45) is 0 Å². The molecule has 2 aromatic carbocycles. The molecule has 0 aliphatic heterocycles. The summed E-state index contributed by atoms with van der Waals surface area (Å²) in [4.78, 5) is 11.4. The first-order chi connectivity index (χ1) is 10.2. The zero-order valence-corrected chi connectivity index (χ0v) is 12.2. The van der Waals surface area contributed by atoms with Crippen LogP contribution in [0.3, 0.4) is 0 Å². The molecule has 0 saturated heterocycles. The number of hydrogen-bond acceptors (Lipinski definition) is 2. The molecule has 0 fully saturated rings. The summed E-state index contributed by atoms with van der Waals surface area (Å²) in [5, 5.41) is 9.35. The zero-order valence-electron chi connectivity index (χ0n) is 12.2. The van der Waals surface area contributed by atoms with E-state index in [1.54, 1.807) is 0 Å². The van der Waals surface area contributed by atoms with Gasteiger partial charge in [-0.2, -0.15) is 0 Å². The van der Waals surface area contributed by atoms with Gasteiger partial charge in [0.2, 0.25) is 0 Å². The van der Waals surface area contributed by atoms with Gasteiger partial charge < -0.3 is 9.84 Å². The third-order valence-corrected chi connectivity index (χ3v) is 3.47. The number of carbonyl (C=O) groups is 1. The van der Waals surface area contributed by atoms with Crippen LogP contribution in [0, 0.1) is 0 Å². The smallest absolute Gasteiger partial charge is 0.333 e. The summed E-state index contributed by atoms with van der Waals surface area (Å²) in [6, 6.07) is 17.5. The molecule has 0 radical (unpaired) electrons. The normalized spacial score (nSPS) is 12.0. The quantitative estimate of drug-likeness (QED) is 0.847. The van der Waals surface area contributed by atoms with Crippen LogP contribution < -0.4 is 0 Å². The summed E-state index contributed by atoms with van der Waals surface area (Å²) in [6.45, 7) is 2.38. The fourth-order valence-corrected chi connectivity index (χ4v) is 2.29. The highest BCUT2D eigenvalue weighted by molar-refractivity contribution is 5.72. The van der Waals surface area contributed by atoms with E-state index in [0.29, 0.717) is 13.0 Å². The number of benzene rings is 2. The molecule has 0 spiro atoms. The van der Waals surface area contributed by atoms with Crippen LogP contribution in [0.25, 0.3) is 0 Å². The molecule has 0 unspecified atom stereocenters. The third-order valence-electron chi connectivity index (χ3n) is 3.47. The summed E-state index contributed by atoms with van der Waals surface area (Å²) in [5.41, 5.74) is 3.19. The molecule has 0 bridgehead atoms. The Kier molecular flexibility index (Phi) is 5.52. The molecule has 0 heterocycles. The Morgan fingerprint density at radius 3 is 2.29 bits per heavy atom. The van der Waals surface area contributed by atoms with Gasteiger partial charge in [0, 0.05) is 6.42 Å². The highest BCUT2D eigenvalue weighted by Crippen LogP contribution is 2.15. The molecule has 0 amide bonds. The second kappa shape index (κ2) is 7.60. The van der Waals surface area contributed by atoms with Crippen molar-refractivity contribution >= 4 is 5.97 Å². The van der Waals surface area contributed by atoms with Crippen LogP contribution in [0.1, 0.15) is 23.6 Å². The van der Waals surface area contributed by atoms with Crippen molar-refractivity contribution in [1.29, 1.82) is 0 Å². The summed E-state index contributed by atoms with van der Waals surface area (Å²) in [7, 11) is 0. The van der Waals surface area contributed by atoms with Gasteiger partial charge in [-0.25, -0.2) is 4.79 Å². The van der Waals surface area contributed by atoms with E-state index in [1.165, 1.54) is 5.56 Å². The molecule has 3 nitrogen and oxygen atoms in total. The average Bonchev–Trinajstić information content (AvgIpc) is 2.52. The Bertz CT molecular complexity index is 578. The van der Waals surface area contributed by atoms with Crippen LogP contribution >= 0.6 is 0 Å². The molecular weight excluding hydrogens is 264 g/mol. The first-order valence-electron chi connectivity index (χ1n) is 7.15. The molecular formula is C18H20O3. The Morgan fingerprint density at radius 2 is 1.67 bits per heavy atom. The second-order valence-corrected chi connectivity index (χ2v) is 4.95. The minimum atomic E-state index is -0.920. The van der Waals surface area contributed by atoms with E-state index in [0.717, 1.165) is 17.5 Å². The minimum absolute atomic E-state index is 0.312. The van der Waals surface area contributed by atoms with Crippen LogP contribution in [0.4, 0.5) is 0 Å².